The number of hydrogen-bond acceptors (Lipinski definition) is 1. The van der Waals surface area contributed by atoms with E-state index in [0.717, 1.165) is 6.42 Å². The lowest BCUT2D eigenvalue weighted by Crippen LogP contribution is -2.10. The summed E-state index contributed by atoms with van der Waals surface area (Å²) in [5.41, 5.74) is 7.76. The molecule has 0 fully saturated rings. The summed E-state index contributed by atoms with van der Waals surface area (Å²) < 4.78 is 0. The second-order valence-corrected chi connectivity index (χ2v) is 3.01. The number of halogens is 1. The van der Waals surface area contributed by atoms with Crippen LogP contribution in [0.4, 0.5) is 0 Å². The first kappa shape index (κ1) is 12.0. The van der Waals surface area contributed by atoms with Crippen LogP contribution in [0.2, 0.25) is 0 Å². The second-order valence-electron chi connectivity index (χ2n) is 3.01. The predicted octanol–water partition coefficient (Wildman–Crippen LogP) is 2.29. The van der Waals surface area contributed by atoms with Crippen LogP contribution in [0.1, 0.15) is 17.5 Å². The minimum absolute atomic E-state index is 0. The summed E-state index contributed by atoms with van der Waals surface area (Å²) in [7, 11) is 0. The third-order valence-corrected chi connectivity index (χ3v) is 1.80. The summed E-state index contributed by atoms with van der Waals surface area (Å²) in [4.78, 5) is 0. The van der Waals surface area contributed by atoms with Gasteiger partial charge in [-0.05, 0) is 18.9 Å². The van der Waals surface area contributed by atoms with Gasteiger partial charge in [0.2, 0.25) is 0 Å². The molecule has 13 heavy (non-hydrogen) atoms. The lowest BCUT2D eigenvalue weighted by molar-refractivity contribution is 1.02. The zero-order chi connectivity index (χ0) is 8.97. The minimum Gasteiger partial charge on any atom is -0.388 e. The highest BCUT2D eigenvalue weighted by Crippen LogP contribution is 2.05. The molecule has 0 atom stereocenters. The highest BCUT2D eigenvalue weighted by Gasteiger charge is 1.93. The van der Waals surface area contributed by atoms with Gasteiger partial charge in [-0.1, -0.05) is 29.8 Å². The van der Waals surface area contributed by atoms with E-state index in [1.807, 2.05) is 0 Å². The quantitative estimate of drug-likeness (QED) is 0.568. The van der Waals surface area contributed by atoms with E-state index in [9.17, 15) is 0 Å². The van der Waals surface area contributed by atoms with Crippen LogP contribution in [0.3, 0.4) is 0 Å². The van der Waals surface area contributed by atoms with E-state index in [4.69, 9.17) is 11.1 Å². The molecule has 0 unspecified atom stereocenters. The molecule has 0 saturated heterocycles. The van der Waals surface area contributed by atoms with Crippen molar-refractivity contribution >= 4 is 18.2 Å². The Morgan fingerprint density at radius 2 is 1.85 bits per heavy atom. The van der Waals surface area contributed by atoms with E-state index < -0.39 is 0 Å². The summed E-state index contributed by atoms with van der Waals surface area (Å²) in [5, 5.41) is 7.06. The number of hydrogen-bond donors (Lipinski definition) is 2. The summed E-state index contributed by atoms with van der Waals surface area (Å²) in [6.07, 6.45) is 1.53. The van der Waals surface area contributed by atoms with Crippen molar-refractivity contribution in [3.8, 4) is 0 Å². The first-order chi connectivity index (χ1) is 5.68. The van der Waals surface area contributed by atoms with Crippen molar-refractivity contribution < 1.29 is 0 Å². The maximum Gasteiger partial charge on any atom is 0.0908 e. The Hall–Kier alpha value is -1.02. The maximum absolute atomic E-state index is 7.06. The van der Waals surface area contributed by atoms with Crippen molar-refractivity contribution in [1.29, 1.82) is 5.41 Å². The SMILES string of the molecule is Cc1ccc(CCC(=N)N)cc1.Cl. The lowest BCUT2D eigenvalue weighted by Gasteiger charge is -1.99. The third-order valence-electron chi connectivity index (χ3n) is 1.80. The van der Waals surface area contributed by atoms with Crippen molar-refractivity contribution in [3.05, 3.63) is 35.4 Å². The van der Waals surface area contributed by atoms with E-state index >= 15 is 0 Å². The maximum atomic E-state index is 7.06. The fourth-order valence-electron chi connectivity index (χ4n) is 1.03. The Bertz CT molecular complexity index is 267. The molecule has 2 nitrogen and oxygen atoms in total. The molecule has 0 aliphatic carbocycles. The highest BCUT2D eigenvalue weighted by molar-refractivity contribution is 5.85. The molecule has 3 N–H and O–H groups in total. The van der Waals surface area contributed by atoms with Crippen molar-refractivity contribution in [2.45, 2.75) is 19.8 Å². The normalized spacial score (nSPS) is 9.00. The Morgan fingerprint density at radius 1 is 1.31 bits per heavy atom. The molecule has 0 aromatic heterocycles. The van der Waals surface area contributed by atoms with Gasteiger partial charge in [0.15, 0.2) is 0 Å². The molecular formula is C10H15ClN2. The monoisotopic (exact) mass is 198 g/mol. The Morgan fingerprint density at radius 3 is 2.31 bits per heavy atom. The van der Waals surface area contributed by atoms with Crippen LogP contribution >= 0.6 is 12.4 Å². The number of nitrogens with one attached hydrogen (secondary N) is 1. The van der Waals surface area contributed by atoms with Crippen LogP contribution in [0.5, 0.6) is 0 Å². The molecule has 72 valence electrons. The van der Waals surface area contributed by atoms with Crippen LogP contribution in [0, 0.1) is 12.3 Å². The van der Waals surface area contributed by atoms with E-state index in [1.165, 1.54) is 11.1 Å². The van der Waals surface area contributed by atoms with Gasteiger partial charge in [-0.15, -0.1) is 12.4 Å². The fraction of sp³-hybridized carbons (Fsp3) is 0.300. The summed E-state index contributed by atoms with van der Waals surface area (Å²) >= 11 is 0. The van der Waals surface area contributed by atoms with Gasteiger partial charge in [0.05, 0.1) is 5.84 Å². The standard InChI is InChI=1S/C10H14N2.ClH/c1-8-2-4-9(5-3-8)6-7-10(11)12;/h2-5H,6-7H2,1H3,(H3,11,12);1H. The van der Waals surface area contributed by atoms with E-state index in [0.29, 0.717) is 6.42 Å². The lowest BCUT2D eigenvalue weighted by atomic mass is 10.1. The summed E-state index contributed by atoms with van der Waals surface area (Å²) in [6, 6.07) is 8.32. The molecule has 0 radical (unpaired) electrons. The minimum atomic E-state index is 0. The Balaban J connectivity index is 0.00000144. The van der Waals surface area contributed by atoms with E-state index in [-0.39, 0.29) is 18.2 Å². The van der Waals surface area contributed by atoms with Gasteiger partial charge in [-0.25, -0.2) is 0 Å². The van der Waals surface area contributed by atoms with Crippen LogP contribution < -0.4 is 5.73 Å². The number of benzene rings is 1. The highest BCUT2D eigenvalue weighted by atomic mass is 35.5. The molecule has 1 rings (SSSR count). The van der Waals surface area contributed by atoms with E-state index in [1.54, 1.807) is 0 Å². The molecule has 1 aromatic carbocycles. The molecule has 0 aliphatic heterocycles. The molecule has 0 spiro atoms. The molecule has 0 aliphatic rings. The van der Waals surface area contributed by atoms with Crippen molar-refractivity contribution in [2.24, 2.45) is 5.73 Å². The molecule has 0 bridgehead atoms. The Kier molecular flexibility index (Phi) is 5.16. The number of nitrogens with two attached hydrogens (primary N) is 1. The van der Waals surface area contributed by atoms with Gasteiger partial charge in [-0.2, -0.15) is 0 Å². The molecular weight excluding hydrogens is 184 g/mol. The first-order valence-electron chi connectivity index (χ1n) is 4.07. The number of aryl methyl sites for hydroxylation is 2. The second kappa shape index (κ2) is 5.60. The van der Waals surface area contributed by atoms with Crippen LogP contribution in [-0.4, -0.2) is 5.84 Å². The topological polar surface area (TPSA) is 49.9 Å². The van der Waals surface area contributed by atoms with Gasteiger partial charge in [0.1, 0.15) is 0 Å². The van der Waals surface area contributed by atoms with Gasteiger partial charge in [0, 0.05) is 6.42 Å². The zero-order valence-corrected chi connectivity index (χ0v) is 8.53. The zero-order valence-electron chi connectivity index (χ0n) is 7.71. The fourth-order valence-corrected chi connectivity index (χ4v) is 1.03. The number of rotatable bonds is 3. The van der Waals surface area contributed by atoms with Crippen molar-refractivity contribution in [3.63, 3.8) is 0 Å². The smallest absolute Gasteiger partial charge is 0.0908 e. The number of amidine groups is 1. The van der Waals surface area contributed by atoms with Crippen LogP contribution in [-0.2, 0) is 6.42 Å². The molecule has 0 heterocycles. The first-order valence-corrected chi connectivity index (χ1v) is 4.07. The van der Waals surface area contributed by atoms with Crippen LogP contribution in [0.25, 0.3) is 0 Å². The van der Waals surface area contributed by atoms with Crippen LogP contribution in [0.15, 0.2) is 24.3 Å². The average molecular weight is 199 g/mol. The molecule has 1 aromatic rings. The third kappa shape index (κ3) is 4.53. The van der Waals surface area contributed by atoms with Gasteiger partial charge in [0.25, 0.3) is 0 Å². The van der Waals surface area contributed by atoms with Gasteiger partial charge >= 0.3 is 0 Å². The van der Waals surface area contributed by atoms with Crippen molar-refractivity contribution in [1.82, 2.24) is 0 Å². The summed E-state index contributed by atoms with van der Waals surface area (Å²) in [6.45, 7) is 2.06. The molecule has 0 saturated carbocycles. The molecule has 3 heteroatoms. The summed E-state index contributed by atoms with van der Waals surface area (Å²) in [5.74, 6) is 0.260. The molecule has 0 amide bonds. The average Bonchev–Trinajstić information content (AvgIpc) is 2.03. The van der Waals surface area contributed by atoms with Gasteiger partial charge < -0.3 is 5.73 Å². The predicted molar refractivity (Wildman–Crippen MR) is 58.7 cm³/mol. The Labute approximate surface area is 85.1 Å². The van der Waals surface area contributed by atoms with Crippen molar-refractivity contribution in [2.75, 3.05) is 0 Å². The van der Waals surface area contributed by atoms with E-state index in [2.05, 4.69) is 31.2 Å². The largest absolute Gasteiger partial charge is 0.388 e. The van der Waals surface area contributed by atoms with Gasteiger partial charge in [-0.3, -0.25) is 5.41 Å².